The van der Waals surface area contributed by atoms with Crippen LogP contribution in [0.3, 0.4) is 0 Å². The van der Waals surface area contributed by atoms with E-state index < -0.39 is 6.10 Å². The van der Waals surface area contributed by atoms with Crippen LogP contribution >= 0.6 is 0 Å². The van der Waals surface area contributed by atoms with Gasteiger partial charge in [-0.05, 0) is 31.7 Å². The van der Waals surface area contributed by atoms with Crippen molar-refractivity contribution in [1.82, 2.24) is 20.8 Å². The number of fused-ring (bicyclic) bond motifs is 1. The van der Waals surface area contributed by atoms with Gasteiger partial charge in [0.15, 0.2) is 5.69 Å². The van der Waals surface area contributed by atoms with E-state index >= 15 is 0 Å². The number of rotatable bonds is 8. The molecule has 1 heterocycles. The van der Waals surface area contributed by atoms with Crippen LogP contribution in [0.25, 0.3) is 10.9 Å². The van der Waals surface area contributed by atoms with E-state index in [1.165, 1.54) is 12.8 Å². The lowest BCUT2D eigenvalue weighted by Gasteiger charge is -2.13. The molecular weight excluding hydrogens is 308 g/mol. The number of nitrogens with one attached hydrogen (secondary N) is 3. The van der Waals surface area contributed by atoms with E-state index in [2.05, 4.69) is 20.8 Å². The molecule has 3 N–H and O–H groups in total. The van der Waals surface area contributed by atoms with Crippen LogP contribution in [-0.4, -0.2) is 47.8 Å². The number of benzene rings is 1. The van der Waals surface area contributed by atoms with Gasteiger partial charge in [-0.15, -0.1) is 0 Å². The molecule has 0 spiro atoms. The van der Waals surface area contributed by atoms with Crippen LogP contribution in [0.2, 0.25) is 0 Å². The average Bonchev–Trinajstić information content (AvgIpc) is 3.33. The molecular formula is C17H22N4O3. The number of amides is 2. The molecule has 1 atom stereocenters. The molecule has 0 saturated heterocycles. The highest BCUT2D eigenvalue weighted by molar-refractivity contribution is 6.04. The van der Waals surface area contributed by atoms with Crippen LogP contribution in [0, 0.1) is 5.92 Å². The van der Waals surface area contributed by atoms with Crippen molar-refractivity contribution in [3.05, 3.63) is 30.0 Å². The van der Waals surface area contributed by atoms with Crippen LogP contribution in [0.4, 0.5) is 0 Å². The van der Waals surface area contributed by atoms with Gasteiger partial charge in [-0.1, -0.05) is 18.2 Å². The van der Waals surface area contributed by atoms with Gasteiger partial charge in [-0.2, -0.15) is 5.10 Å². The van der Waals surface area contributed by atoms with Gasteiger partial charge in [-0.3, -0.25) is 14.7 Å². The van der Waals surface area contributed by atoms with Gasteiger partial charge >= 0.3 is 0 Å². The largest absolute Gasteiger partial charge is 0.368 e. The fourth-order valence-corrected chi connectivity index (χ4v) is 2.37. The van der Waals surface area contributed by atoms with Crippen molar-refractivity contribution in [2.24, 2.45) is 5.92 Å². The SMILES string of the molecule is CC(OCC1CC1)C(=O)NCCNC(=O)c1n[nH]c2ccccc12. The lowest BCUT2D eigenvalue weighted by Crippen LogP contribution is -2.40. The van der Waals surface area contributed by atoms with Crippen molar-refractivity contribution in [2.75, 3.05) is 19.7 Å². The topological polar surface area (TPSA) is 96.1 Å². The van der Waals surface area contributed by atoms with E-state index in [4.69, 9.17) is 4.74 Å². The Morgan fingerprint density at radius 2 is 2.04 bits per heavy atom. The summed E-state index contributed by atoms with van der Waals surface area (Å²) < 4.78 is 5.50. The number of H-pyrrole nitrogens is 1. The van der Waals surface area contributed by atoms with Crippen LogP contribution in [0.1, 0.15) is 30.3 Å². The summed E-state index contributed by atoms with van der Waals surface area (Å²) in [5.41, 5.74) is 1.18. The number of carbonyl (C=O) groups is 2. The predicted molar refractivity (Wildman–Crippen MR) is 89.6 cm³/mol. The summed E-state index contributed by atoms with van der Waals surface area (Å²) in [6, 6.07) is 7.44. The second kappa shape index (κ2) is 7.44. The zero-order chi connectivity index (χ0) is 16.9. The Morgan fingerprint density at radius 3 is 2.83 bits per heavy atom. The van der Waals surface area contributed by atoms with E-state index in [0.717, 1.165) is 10.9 Å². The molecule has 0 bridgehead atoms. The standard InChI is InChI=1S/C17H22N4O3/c1-11(24-10-12-6-7-12)16(22)18-8-9-19-17(23)15-13-4-2-3-5-14(13)20-21-15/h2-5,11-12H,6-10H2,1H3,(H,18,22)(H,19,23)(H,20,21). The van der Waals surface area contributed by atoms with Gasteiger partial charge in [0.1, 0.15) is 6.10 Å². The zero-order valence-electron chi connectivity index (χ0n) is 13.7. The van der Waals surface area contributed by atoms with Crippen LogP contribution in [0.15, 0.2) is 24.3 Å². The molecule has 1 unspecified atom stereocenters. The van der Waals surface area contributed by atoms with Gasteiger partial charge in [-0.25, -0.2) is 0 Å². The first kappa shape index (κ1) is 16.4. The first-order valence-electron chi connectivity index (χ1n) is 8.26. The van der Waals surface area contributed by atoms with E-state index in [-0.39, 0.29) is 11.8 Å². The number of aromatic nitrogens is 2. The highest BCUT2D eigenvalue weighted by Gasteiger charge is 2.23. The fourth-order valence-electron chi connectivity index (χ4n) is 2.37. The van der Waals surface area contributed by atoms with E-state index in [1.54, 1.807) is 6.92 Å². The Kier molecular flexibility index (Phi) is 5.10. The third-order valence-corrected chi connectivity index (χ3v) is 4.04. The molecule has 1 aromatic heterocycles. The lowest BCUT2D eigenvalue weighted by molar-refractivity contribution is -0.131. The molecule has 3 rings (SSSR count). The molecule has 7 heteroatoms. The first-order chi connectivity index (χ1) is 11.6. The maximum Gasteiger partial charge on any atom is 0.272 e. The summed E-state index contributed by atoms with van der Waals surface area (Å²) in [6.45, 7) is 3.08. The fraction of sp³-hybridized carbons (Fsp3) is 0.471. The van der Waals surface area contributed by atoms with Crippen LogP contribution < -0.4 is 10.6 Å². The third kappa shape index (κ3) is 4.11. The quantitative estimate of drug-likeness (QED) is 0.634. The molecule has 1 aliphatic carbocycles. The summed E-state index contributed by atoms with van der Waals surface area (Å²) in [5, 5.41) is 13.2. The van der Waals surface area contributed by atoms with Crippen molar-refractivity contribution in [3.8, 4) is 0 Å². The van der Waals surface area contributed by atoms with Crippen molar-refractivity contribution in [2.45, 2.75) is 25.9 Å². The Labute approximate surface area is 140 Å². The molecule has 1 aromatic carbocycles. The second-order valence-corrected chi connectivity index (χ2v) is 6.08. The smallest absolute Gasteiger partial charge is 0.272 e. The number of para-hydroxylation sites is 1. The molecule has 2 amide bonds. The summed E-state index contributed by atoms with van der Waals surface area (Å²) in [6.07, 6.45) is 1.93. The summed E-state index contributed by atoms with van der Waals surface area (Å²) in [5.74, 6) is 0.207. The lowest BCUT2D eigenvalue weighted by atomic mass is 10.2. The summed E-state index contributed by atoms with van der Waals surface area (Å²) in [4.78, 5) is 24.0. The van der Waals surface area contributed by atoms with E-state index in [1.807, 2.05) is 24.3 Å². The van der Waals surface area contributed by atoms with Crippen molar-refractivity contribution in [1.29, 1.82) is 0 Å². The molecule has 128 valence electrons. The average molecular weight is 330 g/mol. The minimum absolute atomic E-state index is 0.157. The maximum atomic E-state index is 12.2. The normalized spacial score (nSPS) is 15.2. The molecule has 1 fully saturated rings. The summed E-state index contributed by atoms with van der Waals surface area (Å²) >= 11 is 0. The number of aromatic amines is 1. The third-order valence-electron chi connectivity index (χ3n) is 4.04. The van der Waals surface area contributed by atoms with Crippen LogP contribution in [-0.2, 0) is 9.53 Å². The second-order valence-electron chi connectivity index (χ2n) is 6.08. The van der Waals surface area contributed by atoms with Crippen LogP contribution in [0.5, 0.6) is 0 Å². The molecule has 1 aliphatic rings. The van der Waals surface area contributed by atoms with Gasteiger partial charge in [0, 0.05) is 18.5 Å². The summed E-state index contributed by atoms with van der Waals surface area (Å²) in [7, 11) is 0. The Balaban J connectivity index is 1.39. The van der Waals surface area contributed by atoms with Gasteiger partial charge in [0.2, 0.25) is 5.91 Å². The molecule has 0 radical (unpaired) electrons. The van der Waals surface area contributed by atoms with E-state index in [9.17, 15) is 9.59 Å². The minimum atomic E-state index is -0.461. The predicted octanol–water partition coefficient (Wildman–Crippen LogP) is 1.22. The molecule has 0 aliphatic heterocycles. The highest BCUT2D eigenvalue weighted by Crippen LogP contribution is 2.29. The van der Waals surface area contributed by atoms with E-state index in [0.29, 0.717) is 31.3 Å². The van der Waals surface area contributed by atoms with Crippen molar-refractivity contribution < 1.29 is 14.3 Å². The Bertz CT molecular complexity index is 723. The molecule has 1 saturated carbocycles. The number of hydrogen-bond donors (Lipinski definition) is 3. The number of hydrogen-bond acceptors (Lipinski definition) is 4. The monoisotopic (exact) mass is 330 g/mol. The Hall–Kier alpha value is -2.41. The highest BCUT2D eigenvalue weighted by atomic mass is 16.5. The maximum absolute atomic E-state index is 12.2. The van der Waals surface area contributed by atoms with Crippen molar-refractivity contribution in [3.63, 3.8) is 0 Å². The number of carbonyl (C=O) groups excluding carboxylic acids is 2. The molecule has 7 nitrogen and oxygen atoms in total. The first-order valence-corrected chi connectivity index (χ1v) is 8.26. The van der Waals surface area contributed by atoms with Gasteiger partial charge in [0.25, 0.3) is 5.91 Å². The molecule has 24 heavy (non-hydrogen) atoms. The number of nitrogens with zero attached hydrogens (tertiary/aromatic N) is 1. The Morgan fingerprint density at radius 1 is 1.29 bits per heavy atom. The molecule has 2 aromatic rings. The van der Waals surface area contributed by atoms with Crippen molar-refractivity contribution >= 4 is 22.7 Å². The minimum Gasteiger partial charge on any atom is -0.368 e. The van der Waals surface area contributed by atoms with Gasteiger partial charge in [0.05, 0.1) is 12.1 Å². The zero-order valence-corrected chi connectivity index (χ0v) is 13.7. The number of ether oxygens (including phenoxy) is 1. The van der Waals surface area contributed by atoms with Gasteiger partial charge < -0.3 is 15.4 Å².